The highest BCUT2D eigenvalue weighted by molar-refractivity contribution is 5.92. The van der Waals surface area contributed by atoms with E-state index in [4.69, 9.17) is 20.8 Å². The lowest BCUT2D eigenvalue weighted by molar-refractivity contribution is 0.395. The summed E-state index contributed by atoms with van der Waals surface area (Å²) in [5, 5.41) is 18.2. The van der Waals surface area contributed by atoms with E-state index >= 15 is 0 Å². The lowest BCUT2D eigenvalue weighted by Crippen LogP contribution is -2.42. The zero-order chi connectivity index (χ0) is 19.7. The Balaban J connectivity index is 1.55. The van der Waals surface area contributed by atoms with Crippen LogP contribution in [0.4, 0.5) is 17.5 Å². The standard InChI is InChI=1S/C19H22N8O/c1-26-16-8-13(21)5-6-15(16)17(25-26)27-7-3-4-14(11-27)23-19-22-10-12(9-20)18(24-19)28-2/h5-6,8,10,14H,3-4,7,11,21H2,1-2H3,(H,22,23,24)/t14-/m1/s1. The van der Waals surface area contributed by atoms with Gasteiger partial charge in [-0.3, -0.25) is 4.68 Å². The van der Waals surface area contributed by atoms with Crippen LogP contribution in [0.3, 0.4) is 0 Å². The van der Waals surface area contributed by atoms with Gasteiger partial charge in [-0.15, -0.1) is 0 Å². The van der Waals surface area contributed by atoms with Gasteiger partial charge in [0.05, 0.1) is 18.8 Å². The van der Waals surface area contributed by atoms with Crippen molar-refractivity contribution in [2.75, 3.05) is 36.1 Å². The maximum atomic E-state index is 9.07. The molecule has 144 valence electrons. The summed E-state index contributed by atoms with van der Waals surface area (Å²) >= 11 is 0. The third kappa shape index (κ3) is 3.24. The molecule has 3 heterocycles. The number of benzene rings is 1. The van der Waals surface area contributed by atoms with Crippen LogP contribution in [0.1, 0.15) is 18.4 Å². The zero-order valence-corrected chi connectivity index (χ0v) is 15.9. The topological polar surface area (TPSA) is 118 Å². The second-order valence-corrected chi connectivity index (χ2v) is 6.88. The molecule has 0 saturated carbocycles. The molecule has 9 nitrogen and oxygen atoms in total. The van der Waals surface area contributed by atoms with Gasteiger partial charge in [-0.1, -0.05) is 0 Å². The minimum Gasteiger partial charge on any atom is -0.480 e. The number of nitrogens with one attached hydrogen (secondary N) is 1. The number of hydrogen-bond acceptors (Lipinski definition) is 8. The fourth-order valence-corrected chi connectivity index (χ4v) is 3.63. The molecule has 1 fully saturated rings. The number of nitrogens with two attached hydrogens (primary N) is 1. The number of hydrogen-bond donors (Lipinski definition) is 2. The largest absolute Gasteiger partial charge is 0.480 e. The maximum Gasteiger partial charge on any atom is 0.236 e. The van der Waals surface area contributed by atoms with Gasteiger partial charge in [0.25, 0.3) is 0 Å². The molecular weight excluding hydrogens is 356 g/mol. The van der Waals surface area contributed by atoms with Crippen LogP contribution in [-0.4, -0.2) is 46.0 Å². The van der Waals surface area contributed by atoms with Gasteiger partial charge in [0.1, 0.15) is 11.6 Å². The molecule has 1 aliphatic rings. The summed E-state index contributed by atoms with van der Waals surface area (Å²) < 4.78 is 7.04. The molecule has 4 rings (SSSR count). The Bertz CT molecular complexity index is 1050. The molecule has 0 aliphatic carbocycles. The second-order valence-electron chi connectivity index (χ2n) is 6.88. The number of methoxy groups -OCH3 is 1. The monoisotopic (exact) mass is 378 g/mol. The quantitative estimate of drug-likeness (QED) is 0.661. The normalized spacial score (nSPS) is 16.8. The molecule has 0 amide bonds. The number of aryl methyl sites for hydroxylation is 1. The SMILES string of the molecule is COc1nc(N[C@@H]2CCCN(c3nn(C)c4cc(N)ccc34)C2)ncc1C#N. The highest BCUT2D eigenvalue weighted by atomic mass is 16.5. The van der Waals surface area contributed by atoms with E-state index in [-0.39, 0.29) is 11.9 Å². The van der Waals surface area contributed by atoms with Crippen LogP contribution in [-0.2, 0) is 7.05 Å². The van der Waals surface area contributed by atoms with E-state index in [9.17, 15) is 0 Å². The van der Waals surface area contributed by atoms with Crippen LogP contribution >= 0.6 is 0 Å². The molecule has 1 atom stereocenters. The van der Waals surface area contributed by atoms with E-state index in [1.165, 1.54) is 13.3 Å². The summed E-state index contributed by atoms with van der Waals surface area (Å²) in [6.45, 7) is 1.72. The van der Waals surface area contributed by atoms with Gasteiger partial charge >= 0.3 is 0 Å². The van der Waals surface area contributed by atoms with Crippen LogP contribution in [0.15, 0.2) is 24.4 Å². The summed E-state index contributed by atoms with van der Waals surface area (Å²) in [7, 11) is 3.43. The first-order valence-electron chi connectivity index (χ1n) is 9.14. The molecule has 2 aromatic heterocycles. The first kappa shape index (κ1) is 17.9. The predicted octanol–water partition coefficient (Wildman–Crippen LogP) is 1.91. The minimum absolute atomic E-state index is 0.164. The Hall–Kier alpha value is -3.54. The molecule has 1 aromatic carbocycles. The summed E-state index contributed by atoms with van der Waals surface area (Å²) in [5.41, 5.74) is 7.99. The van der Waals surface area contributed by atoms with Crippen molar-refractivity contribution in [3.63, 3.8) is 0 Å². The summed E-state index contributed by atoms with van der Waals surface area (Å²) in [5.74, 6) is 1.70. The van der Waals surface area contributed by atoms with Crippen LogP contribution in [0, 0.1) is 11.3 Å². The van der Waals surface area contributed by atoms with Crippen LogP contribution < -0.4 is 20.7 Å². The molecule has 1 aliphatic heterocycles. The number of ether oxygens (including phenoxy) is 1. The van der Waals surface area contributed by atoms with Gasteiger partial charge < -0.3 is 20.7 Å². The Morgan fingerprint density at radius 1 is 1.39 bits per heavy atom. The van der Waals surface area contributed by atoms with E-state index < -0.39 is 0 Å². The molecule has 3 aromatic rings. The maximum absolute atomic E-state index is 9.07. The molecular formula is C19H22N8O. The van der Waals surface area contributed by atoms with Crippen molar-refractivity contribution in [2.24, 2.45) is 7.05 Å². The number of nitrogen functional groups attached to an aromatic ring is 1. The van der Waals surface area contributed by atoms with Gasteiger partial charge in [0, 0.05) is 37.3 Å². The molecule has 0 unspecified atom stereocenters. The molecule has 0 spiro atoms. The number of nitriles is 1. The summed E-state index contributed by atoms with van der Waals surface area (Å²) in [6.07, 6.45) is 3.50. The zero-order valence-electron chi connectivity index (χ0n) is 15.9. The Labute approximate surface area is 162 Å². The van der Waals surface area contributed by atoms with E-state index in [0.29, 0.717) is 11.5 Å². The average Bonchev–Trinajstić information content (AvgIpc) is 3.04. The van der Waals surface area contributed by atoms with Gasteiger partial charge in [-0.05, 0) is 31.0 Å². The molecule has 28 heavy (non-hydrogen) atoms. The van der Waals surface area contributed by atoms with Gasteiger partial charge in [-0.2, -0.15) is 15.3 Å². The van der Waals surface area contributed by atoms with Gasteiger partial charge in [0.2, 0.25) is 11.8 Å². The average molecular weight is 378 g/mol. The first-order valence-corrected chi connectivity index (χ1v) is 9.14. The lowest BCUT2D eigenvalue weighted by atomic mass is 10.1. The van der Waals surface area contributed by atoms with Crippen molar-refractivity contribution < 1.29 is 4.74 Å². The Morgan fingerprint density at radius 3 is 3.04 bits per heavy atom. The number of fused-ring (bicyclic) bond motifs is 1. The molecule has 0 bridgehead atoms. The molecule has 9 heteroatoms. The fraction of sp³-hybridized carbons (Fsp3) is 0.368. The highest BCUT2D eigenvalue weighted by Crippen LogP contribution is 2.29. The van der Waals surface area contributed by atoms with E-state index in [0.717, 1.165) is 48.3 Å². The number of anilines is 3. The third-order valence-electron chi connectivity index (χ3n) is 4.98. The molecule has 3 N–H and O–H groups in total. The lowest BCUT2D eigenvalue weighted by Gasteiger charge is -2.33. The van der Waals surface area contributed by atoms with E-state index in [1.807, 2.05) is 36.0 Å². The summed E-state index contributed by atoms with van der Waals surface area (Å²) in [4.78, 5) is 10.8. The van der Waals surface area contributed by atoms with Gasteiger partial charge in [0.15, 0.2) is 5.82 Å². The smallest absolute Gasteiger partial charge is 0.236 e. The van der Waals surface area contributed by atoms with Crippen molar-refractivity contribution in [1.82, 2.24) is 19.7 Å². The second kappa shape index (κ2) is 7.23. The number of rotatable bonds is 4. The number of nitrogens with zero attached hydrogens (tertiary/aromatic N) is 6. The Kier molecular flexibility index (Phi) is 4.61. The number of aromatic nitrogens is 4. The van der Waals surface area contributed by atoms with Crippen molar-refractivity contribution in [3.8, 4) is 11.9 Å². The third-order valence-corrected chi connectivity index (χ3v) is 4.98. The minimum atomic E-state index is 0.164. The van der Waals surface area contributed by atoms with Gasteiger partial charge in [-0.25, -0.2) is 4.98 Å². The van der Waals surface area contributed by atoms with Crippen LogP contribution in [0.5, 0.6) is 5.88 Å². The highest BCUT2D eigenvalue weighted by Gasteiger charge is 2.24. The van der Waals surface area contributed by atoms with Crippen molar-refractivity contribution >= 4 is 28.4 Å². The van der Waals surface area contributed by atoms with Crippen molar-refractivity contribution in [1.29, 1.82) is 5.26 Å². The van der Waals surface area contributed by atoms with Crippen molar-refractivity contribution in [2.45, 2.75) is 18.9 Å². The van der Waals surface area contributed by atoms with E-state index in [2.05, 4.69) is 20.2 Å². The molecule has 1 saturated heterocycles. The predicted molar refractivity (Wildman–Crippen MR) is 107 cm³/mol. The van der Waals surface area contributed by atoms with E-state index in [1.54, 1.807) is 0 Å². The summed E-state index contributed by atoms with van der Waals surface area (Å²) in [6, 6.07) is 8.07. The number of piperidine rings is 1. The van der Waals surface area contributed by atoms with Crippen LogP contribution in [0.2, 0.25) is 0 Å². The van der Waals surface area contributed by atoms with Crippen LogP contribution in [0.25, 0.3) is 10.9 Å². The molecule has 0 radical (unpaired) electrons. The first-order chi connectivity index (χ1) is 13.6. The van der Waals surface area contributed by atoms with Crippen molar-refractivity contribution in [3.05, 3.63) is 30.0 Å². The Morgan fingerprint density at radius 2 is 2.25 bits per heavy atom. The fourth-order valence-electron chi connectivity index (χ4n) is 3.63.